The lowest BCUT2D eigenvalue weighted by Gasteiger charge is -2.06. The molecule has 2 saturated heterocycles. The molecule has 0 unspecified atom stereocenters. The fraction of sp³-hybridized carbons (Fsp3) is 1.00. The van der Waals surface area contributed by atoms with Crippen LogP contribution >= 0.6 is 0 Å². The van der Waals surface area contributed by atoms with Crippen LogP contribution in [-0.4, -0.2) is 23.7 Å². The normalized spacial score (nSPS) is 39.0. The maximum Gasteiger partial charge on any atom is 0.353 e. The topological polar surface area (TPSA) is 57.3 Å². The molecule has 0 radical (unpaired) electrons. The van der Waals surface area contributed by atoms with Gasteiger partial charge in [0.2, 0.25) is 0 Å². The van der Waals surface area contributed by atoms with Gasteiger partial charge in [-0.05, 0) is 19.4 Å². The third kappa shape index (κ3) is 0.840. The molecular weight excluding hydrogens is 122 g/mol. The predicted molar refractivity (Wildman–Crippen MR) is 28.1 cm³/mol. The zero-order valence-electron chi connectivity index (χ0n) is 4.96. The first-order chi connectivity index (χ1) is 4.31. The van der Waals surface area contributed by atoms with E-state index in [1.165, 1.54) is 0 Å². The Morgan fingerprint density at radius 2 is 2.33 bits per heavy atom. The van der Waals surface area contributed by atoms with E-state index in [0.29, 0.717) is 0 Å². The van der Waals surface area contributed by atoms with E-state index < -0.39 is 5.97 Å². The van der Waals surface area contributed by atoms with Gasteiger partial charge in [-0.2, -0.15) is 9.78 Å². The summed E-state index contributed by atoms with van der Waals surface area (Å²) in [5, 5.41) is 12.2. The van der Waals surface area contributed by atoms with Crippen LogP contribution in [-0.2, 0) is 9.78 Å². The van der Waals surface area contributed by atoms with E-state index in [1.807, 2.05) is 0 Å². The quantitative estimate of drug-likeness (QED) is 0.366. The zero-order valence-corrected chi connectivity index (χ0v) is 4.96. The lowest BCUT2D eigenvalue weighted by Crippen LogP contribution is -2.37. The van der Waals surface area contributed by atoms with Crippen LogP contribution in [0.5, 0.6) is 0 Å². The fourth-order valence-electron chi connectivity index (χ4n) is 1.15. The van der Waals surface area contributed by atoms with Gasteiger partial charge in [0.15, 0.2) is 0 Å². The first-order valence-electron chi connectivity index (χ1n) is 3.14. The predicted octanol–water partition coefficient (Wildman–Crippen LogP) is -0.654. The second-order valence-electron chi connectivity index (χ2n) is 2.45. The second-order valence-corrected chi connectivity index (χ2v) is 2.45. The van der Waals surface area contributed by atoms with Crippen molar-refractivity contribution in [1.82, 2.24) is 5.32 Å². The number of aliphatic hydroxyl groups is 1. The first-order valence-corrected chi connectivity index (χ1v) is 3.14. The van der Waals surface area contributed by atoms with Gasteiger partial charge in [-0.15, -0.1) is 0 Å². The molecule has 2 aliphatic heterocycles. The molecule has 4 nitrogen and oxygen atoms in total. The largest absolute Gasteiger partial charge is 0.353 e. The van der Waals surface area contributed by atoms with Crippen molar-refractivity contribution in [3.8, 4) is 0 Å². The molecule has 0 aliphatic carbocycles. The minimum atomic E-state index is -1.28. The van der Waals surface area contributed by atoms with Crippen molar-refractivity contribution >= 4 is 0 Å². The smallest absolute Gasteiger partial charge is 0.338 e. The standard InChI is InChI=1S/C5H9NO3/c7-5(8-9-5)4-2-1-3-6-4/h4,6-7H,1-3H2/t4-/m0/s1. The summed E-state index contributed by atoms with van der Waals surface area (Å²) in [6.45, 7) is 0.944. The van der Waals surface area contributed by atoms with Crippen molar-refractivity contribution in [2.24, 2.45) is 0 Å². The van der Waals surface area contributed by atoms with Crippen LogP contribution in [0.25, 0.3) is 0 Å². The van der Waals surface area contributed by atoms with Crippen molar-refractivity contribution in [2.75, 3.05) is 6.54 Å². The molecule has 2 N–H and O–H groups in total. The summed E-state index contributed by atoms with van der Waals surface area (Å²) >= 11 is 0. The number of hydrogen-bond acceptors (Lipinski definition) is 4. The third-order valence-corrected chi connectivity index (χ3v) is 1.75. The average Bonchev–Trinajstić information content (AvgIpc) is 2.46. The van der Waals surface area contributed by atoms with Gasteiger partial charge in [-0.25, -0.2) is 0 Å². The zero-order chi connectivity index (χ0) is 6.32. The Kier molecular flexibility index (Phi) is 1.04. The van der Waals surface area contributed by atoms with Gasteiger partial charge < -0.3 is 10.4 Å². The average molecular weight is 131 g/mol. The van der Waals surface area contributed by atoms with E-state index in [-0.39, 0.29) is 6.04 Å². The van der Waals surface area contributed by atoms with Gasteiger partial charge in [0.05, 0.1) is 6.04 Å². The highest BCUT2D eigenvalue weighted by atomic mass is 17.4. The first kappa shape index (κ1) is 5.61. The summed E-state index contributed by atoms with van der Waals surface area (Å²) in [5.74, 6) is -1.28. The van der Waals surface area contributed by atoms with Gasteiger partial charge in [0, 0.05) is 0 Å². The Labute approximate surface area is 52.7 Å². The fourth-order valence-corrected chi connectivity index (χ4v) is 1.15. The highest BCUT2D eigenvalue weighted by Crippen LogP contribution is 2.33. The minimum Gasteiger partial charge on any atom is -0.338 e. The molecule has 0 saturated carbocycles. The Morgan fingerprint density at radius 3 is 2.78 bits per heavy atom. The number of rotatable bonds is 1. The van der Waals surface area contributed by atoms with Crippen LogP contribution in [0.1, 0.15) is 12.8 Å². The van der Waals surface area contributed by atoms with E-state index in [4.69, 9.17) is 5.11 Å². The molecule has 0 aromatic carbocycles. The molecule has 2 rings (SSSR count). The molecule has 0 aromatic rings. The maximum absolute atomic E-state index is 9.12. The van der Waals surface area contributed by atoms with Crippen molar-refractivity contribution in [3.63, 3.8) is 0 Å². The van der Waals surface area contributed by atoms with Gasteiger partial charge in [-0.1, -0.05) is 0 Å². The van der Waals surface area contributed by atoms with Gasteiger partial charge in [0.1, 0.15) is 0 Å². The third-order valence-electron chi connectivity index (χ3n) is 1.75. The summed E-state index contributed by atoms with van der Waals surface area (Å²) in [6.07, 6.45) is 2.01. The second kappa shape index (κ2) is 1.67. The molecule has 2 aliphatic rings. The Bertz CT molecular complexity index is 117. The Morgan fingerprint density at radius 1 is 1.56 bits per heavy atom. The number of hydrogen-bond donors (Lipinski definition) is 2. The minimum absolute atomic E-state index is 0.0162. The van der Waals surface area contributed by atoms with Gasteiger partial charge >= 0.3 is 5.97 Å². The van der Waals surface area contributed by atoms with E-state index in [9.17, 15) is 0 Å². The van der Waals surface area contributed by atoms with Crippen LogP contribution in [0.2, 0.25) is 0 Å². The molecule has 4 heteroatoms. The van der Waals surface area contributed by atoms with Crippen LogP contribution in [0, 0.1) is 0 Å². The Balaban J connectivity index is 1.97. The van der Waals surface area contributed by atoms with Crippen LogP contribution in [0.4, 0.5) is 0 Å². The molecule has 0 aromatic heterocycles. The number of nitrogens with one attached hydrogen (secondary N) is 1. The highest BCUT2D eigenvalue weighted by Gasteiger charge is 2.55. The summed E-state index contributed by atoms with van der Waals surface area (Å²) in [4.78, 5) is 8.75. The molecule has 0 spiro atoms. The van der Waals surface area contributed by atoms with Crippen LogP contribution < -0.4 is 5.32 Å². The molecular formula is C5H9NO3. The van der Waals surface area contributed by atoms with Crippen molar-refractivity contribution in [2.45, 2.75) is 24.9 Å². The lowest BCUT2D eigenvalue weighted by atomic mass is 10.2. The van der Waals surface area contributed by atoms with Crippen molar-refractivity contribution in [3.05, 3.63) is 0 Å². The van der Waals surface area contributed by atoms with Crippen LogP contribution in [0.15, 0.2) is 0 Å². The van der Waals surface area contributed by atoms with Crippen molar-refractivity contribution in [1.29, 1.82) is 0 Å². The summed E-state index contributed by atoms with van der Waals surface area (Å²) in [5.41, 5.74) is 0. The van der Waals surface area contributed by atoms with E-state index >= 15 is 0 Å². The molecule has 0 bridgehead atoms. The van der Waals surface area contributed by atoms with Gasteiger partial charge in [-0.3, -0.25) is 0 Å². The van der Waals surface area contributed by atoms with E-state index in [0.717, 1.165) is 19.4 Å². The van der Waals surface area contributed by atoms with E-state index in [1.54, 1.807) is 0 Å². The van der Waals surface area contributed by atoms with E-state index in [2.05, 4.69) is 15.1 Å². The van der Waals surface area contributed by atoms with Gasteiger partial charge in [0.25, 0.3) is 0 Å². The molecule has 9 heavy (non-hydrogen) atoms. The van der Waals surface area contributed by atoms with Crippen LogP contribution in [0.3, 0.4) is 0 Å². The molecule has 2 fully saturated rings. The highest BCUT2D eigenvalue weighted by molar-refractivity contribution is 4.84. The molecule has 1 atom stereocenters. The summed E-state index contributed by atoms with van der Waals surface area (Å²) in [7, 11) is 0. The Hall–Kier alpha value is -0.160. The molecule has 2 heterocycles. The van der Waals surface area contributed by atoms with Crippen molar-refractivity contribution < 1.29 is 14.9 Å². The monoisotopic (exact) mass is 131 g/mol. The lowest BCUT2D eigenvalue weighted by molar-refractivity contribution is -0.00227. The SMILES string of the molecule is OC1([C@@H]2CCCN2)OO1. The summed E-state index contributed by atoms with van der Waals surface area (Å²) < 4.78 is 0. The molecule has 52 valence electrons. The maximum atomic E-state index is 9.12. The molecule has 0 amide bonds. The summed E-state index contributed by atoms with van der Waals surface area (Å²) in [6, 6.07) is -0.0162.